The van der Waals surface area contributed by atoms with E-state index in [4.69, 9.17) is 0 Å². The fraction of sp³-hybridized carbons (Fsp3) is 0.194. The number of rotatable bonds is 3. The molecule has 0 aliphatic heterocycles. The molecular formula is C31H31HfP+2. The van der Waals surface area contributed by atoms with Crippen LogP contribution in [-0.2, 0) is 25.8 Å². The summed E-state index contributed by atoms with van der Waals surface area (Å²) in [5.41, 5.74) is 4.39. The van der Waals surface area contributed by atoms with Gasteiger partial charge in [-0.25, -0.2) is 5.57 Å². The standard InChI is InChI=1S/C21H16P.C10H15.Hf/c1-3-11-19(12-4-1)22(20-13-5-2-6-14-20)21-15-17-9-7-8-10-18(17)16-21;1-7-6-10(4,5)9(3)8(7)2;/h1-16H;1-5H3;/q2*-1;+4. The summed E-state index contributed by atoms with van der Waals surface area (Å²) in [5, 5.41) is 6.89. The molecule has 0 radical (unpaired) electrons. The molecule has 2 heteroatoms. The number of benzene rings is 3. The van der Waals surface area contributed by atoms with Gasteiger partial charge in [-0.3, -0.25) is 6.08 Å². The third-order valence-electron chi connectivity index (χ3n) is 6.45. The van der Waals surface area contributed by atoms with Gasteiger partial charge in [0.15, 0.2) is 0 Å². The minimum atomic E-state index is -0.493. The van der Waals surface area contributed by atoms with Crippen molar-refractivity contribution in [3.05, 3.63) is 120 Å². The minimum Gasteiger partial charge on any atom is -0.263 e. The van der Waals surface area contributed by atoms with E-state index >= 15 is 0 Å². The number of fused-ring (bicyclic) bond motifs is 1. The molecule has 0 N–H and O–H groups in total. The molecular weight excluding hydrogens is 582 g/mol. The van der Waals surface area contributed by atoms with Gasteiger partial charge in [0.2, 0.25) is 0 Å². The second-order valence-corrected chi connectivity index (χ2v) is 11.2. The molecule has 1 aliphatic carbocycles. The quantitative estimate of drug-likeness (QED) is 0.128. The Kier molecular flexibility index (Phi) is 8.54. The Morgan fingerprint density at radius 3 is 1.67 bits per heavy atom. The predicted molar refractivity (Wildman–Crippen MR) is 143 cm³/mol. The van der Waals surface area contributed by atoms with Gasteiger partial charge >= 0.3 is 25.8 Å². The van der Waals surface area contributed by atoms with E-state index in [1.165, 1.54) is 43.4 Å². The number of hydrogen-bond acceptors (Lipinski definition) is 0. The van der Waals surface area contributed by atoms with Crippen molar-refractivity contribution in [3.8, 4) is 0 Å². The Morgan fingerprint density at radius 2 is 1.24 bits per heavy atom. The second-order valence-electron chi connectivity index (χ2n) is 8.97. The first-order valence-corrected chi connectivity index (χ1v) is 12.6. The summed E-state index contributed by atoms with van der Waals surface area (Å²) in [5.74, 6) is 0. The average Bonchev–Trinajstić information content (AvgIpc) is 3.30. The summed E-state index contributed by atoms with van der Waals surface area (Å²) in [7, 11) is -0.493. The van der Waals surface area contributed by atoms with Gasteiger partial charge < -0.3 is 0 Å². The first-order chi connectivity index (χ1) is 15.4. The summed E-state index contributed by atoms with van der Waals surface area (Å²) in [6.07, 6.45) is 3.44. The van der Waals surface area contributed by atoms with Gasteiger partial charge in [0.05, 0.1) is 0 Å². The smallest absolute Gasteiger partial charge is 0.263 e. The molecule has 0 saturated heterocycles. The van der Waals surface area contributed by atoms with E-state index in [9.17, 15) is 0 Å². The van der Waals surface area contributed by atoms with Crippen molar-refractivity contribution in [1.29, 1.82) is 0 Å². The van der Waals surface area contributed by atoms with E-state index in [1.54, 1.807) is 0 Å². The molecule has 5 rings (SSSR count). The molecule has 1 aliphatic rings. The Balaban J connectivity index is 0.000000237. The molecule has 33 heavy (non-hydrogen) atoms. The number of allylic oxidation sites excluding steroid dienone is 4. The maximum Gasteiger partial charge on any atom is 4.00 e. The van der Waals surface area contributed by atoms with E-state index < -0.39 is 7.92 Å². The SMILES string of the molecule is CC1=[C-]C(C)(C)C(C)=C1C.[Hf+4].c1ccc(P(c2ccccc2)c2cc3ccccc3[cH-]2)cc1. The molecule has 0 fully saturated rings. The topological polar surface area (TPSA) is 0 Å². The zero-order valence-corrected chi connectivity index (χ0v) is 24.7. The van der Waals surface area contributed by atoms with E-state index in [2.05, 4.69) is 138 Å². The molecule has 0 atom stereocenters. The molecule has 0 heterocycles. The summed E-state index contributed by atoms with van der Waals surface area (Å²) < 4.78 is 0. The summed E-state index contributed by atoms with van der Waals surface area (Å²) >= 11 is 0. The van der Waals surface area contributed by atoms with Gasteiger partial charge in [0, 0.05) is 0 Å². The van der Waals surface area contributed by atoms with Crippen molar-refractivity contribution in [2.24, 2.45) is 5.41 Å². The largest absolute Gasteiger partial charge is 4.00 e. The molecule has 4 aromatic rings. The minimum absolute atomic E-state index is 0. The van der Waals surface area contributed by atoms with Crippen molar-refractivity contribution in [2.75, 3.05) is 0 Å². The molecule has 0 saturated carbocycles. The second kappa shape index (κ2) is 11.0. The normalized spacial score (nSPS) is 14.5. The van der Waals surface area contributed by atoms with Gasteiger partial charge in [0.25, 0.3) is 0 Å². The molecule has 0 amide bonds. The van der Waals surface area contributed by atoms with Crippen molar-refractivity contribution in [2.45, 2.75) is 34.6 Å². The maximum absolute atomic E-state index is 3.44. The molecule has 0 bridgehead atoms. The van der Waals surface area contributed by atoms with Gasteiger partial charge in [-0.1, -0.05) is 99.8 Å². The van der Waals surface area contributed by atoms with Crippen LogP contribution in [0.5, 0.6) is 0 Å². The van der Waals surface area contributed by atoms with Crippen LogP contribution in [0.1, 0.15) is 34.6 Å². The maximum atomic E-state index is 3.44. The van der Waals surface area contributed by atoms with Crippen molar-refractivity contribution in [3.63, 3.8) is 0 Å². The third-order valence-corrected chi connectivity index (χ3v) is 8.86. The molecule has 0 unspecified atom stereocenters. The van der Waals surface area contributed by atoms with Gasteiger partial charge in [-0.15, -0.1) is 47.3 Å². The van der Waals surface area contributed by atoms with Crippen LogP contribution in [-0.4, -0.2) is 0 Å². The van der Waals surface area contributed by atoms with E-state index in [1.807, 2.05) is 0 Å². The van der Waals surface area contributed by atoms with Crippen molar-refractivity contribution < 1.29 is 25.8 Å². The number of hydrogen-bond donors (Lipinski definition) is 0. The van der Waals surface area contributed by atoms with Crippen LogP contribution in [0.2, 0.25) is 0 Å². The van der Waals surface area contributed by atoms with Crippen molar-refractivity contribution in [1.82, 2.24) is 0 Å². The van der Waals surface area contributed by atoms with Crippen LogP contribution >= 0.6 is 7.92 Å². The monoisotopic (exact) mass is 614 g/mol. The van der Waals surface area contributed by atoms with Crippen LogP contribution in [0.15, 0.2) is 114 Å². The Hall–Kier alpha value is -1.95. The Labute approximate surface area is 219 Å². The van der Waals surface area contributed by atoms with E-state index in [0.717, 1.165) is 0 Å². The fourth-order valence-electron chi connectivity index (χ4n) is 4.27. The van der Waals surface area contributed by atoms with Crippen LogP contribution in [0, 0.1) is 11.5 Å². The van der Waals surface area contributed by atoms with E-state index in [-0.39, 0.29) is 31.3 Å². The molecule has 0 spiro atoms. The first kappa shape index (κ1) is 25.7. The fourth-order valence-corrected chi connectivity index (χ4v) is 6.64. The van der Waals surface area contributed by atoms with E-state index in [0.29, 0.717) is 0 Å². The Morgan fingerprint density at radius 1 is 0.727 bits per heavy atom. The summed E-state index contributed by atoms with van der Waals surface area (Å²) in [6.45, 7) is 10.9. The first-order valence-electron chi connectivity index (χ1n) is 11.2. The van der Waals surface area contributed by atoms with Gasteiger partial charge in [0.1, 0.15) is 0 Å². The van der Waals surface area contributed by atoms with Crippen molar-refractivity contribution >= 4 is 34.6 Å². The van der Waals surface area contributed by atoms with Crippen LogP contribution in [0.25, 0.3) is 10.8 Å². The molecule has 162 valence electrons. The average molecular weight is 613 g/mol. The van der Waals surface area contributed by atoms with Gasteiger partial charge in [-0.2, -0.15) is 17.2 Å². The summed E-state index contributed by atoms with van der Waals surface area (Å²) in [6, 6.07) is 35.0. The predicted octanol–water partition coefficient (Wildman–Crippen LogP) is 7.43. The molecule has 4 aromatic carbocycles. The summed E-state index contributed by atoms with van der Waals surface area (Å²) in [4.78, 5) is 0. The van der Waals surface area contributed by atoms with Gasteiger partial charge in [-0.05, 0) is 18.5 Å². The molecule has 0 nitrogen and oxygen atoms in total. The van der Waals surface area contributed by atoms with Crippen LogP contribution < -0.4 is 15.9 Å². The molecule has 0 aromatic heterocycles. The zero-order chi connectivity index (χ0) is 22.7. The zero-order valence-electron chi connectivity index (χ0n) is 20.2. The van der Waals surface area contributed by atoms with Crippen LogP contribution in [0.3, 0.4) is 0 Å². The van der Waals surface area contributed by atoms with Crippen LogP contribution in [0.4, 0.5) is 0 Å². The Bertz CT molecular complexity index is 1190. The third kappa shape index (κ3) is 5.76.